The molecule has 58 heavy (non-hydrogen) atoms. The van der Waals surface area contributed by atoms with Gasteiger partial charge in [0.25, 0.3) is 0 Å². The molecule has 0 aromatic heterocycles. The lowest BCUT2D eigenvalue weighted by atomic mass is 9.96. The van der Waals surface area contributed by atoms with Crippen LogP contribution in [0.3, 0.4) is 0 Å². The largest absolute Gasteiger partial charge is 0.376 e. The lowest BCUT2D eigenvalue weighted by Crippen LogP contribution is -2.64. The maximum Gasteiger partial charge on any atom is 0.186 e. The highest BCUT2D eigenvalue weighted by Gasteiger charge is 2.52. The van der Waals surface area contributed by atoms with E-state index >= 15 is 0 Å². The van der Waals surface area contributed by atoms with Gasteiger partial charge in [0, 0.05) is 36.9 Å². The van der Waals surface area contributed by atoms with Gasteiger partial charge in [-0.15, -0.1) is 0 Å². The van der Waals surface area contributed by atoms with Crippen molar-refractivity contribution in [2.45, 2.75) is 225 Å². The van der Waals surface area contributed by atoms with Crippen LogP contribution in [0.25, 0.3) is 10.4 Å². The average molecular weight is 818 g/mol. The number of rotatable bonds is 36. The van der Waals surface area contributed by atoms with Crippen molar-refractivity contribution in [1.82, 2.24) is 0 Å². The Balaban J connectivity index is 1.74. The molecule has 9 atom stereocenters. The molecule has 2 saturated heterocycles. The Kier molecular flexibility index (Phi) is 28.7. The van der Waals surface area contributed by atoms with Gasteiger partial charge in [-0.2, -0.15) is 0 Å². The molecule has 2 aliphatic rings. The van der Waals surface area contributed by atoms with Crippen LogP contribution in [0.1, 0.15) is 181 Å². The molecule has 0 amide bonds. The molecule has 3 rings (SSSR count). The molecule has 2 aliphatic heterocycles. The van der Waals surface area contributed by atoms with E-state index < -0.39 is 49.1 Å². The van der Waals surface area contributed by atoms with Crippen molar-refractivity contribution in [3.8, 4) is 0 Å². The number of hydrogen-bond acceptors (Lipinski definition) is 9. The summed E-state index contributed by atoms with van der Waals surface area (Å²) < 4.78 is 52.6. The normalized spacial score (nSPS) is 23.5. The molecular weight excluding hydrogens is 735 g/mol. The van der Waals surface area contributed by atoms with Crippen LogP contribution in [0, 0.1) is 0 Å². The third kappa shape index (κ3) is 19.3. The van der Waals surface area contributed by atoms with Crippen LogP contribution in [0.2, 0.25) is 0 Å². The van der Waals surface area contributed by atoms with E-state index in [0.29, 0.717) is 33.0 Å². The molecule has 0 radical (unpaired) electrons. The predicted molar refractivity (Wildman–Crippen MR) is 232 cm³/mol. The maximum atomic E-state index is 9.91. The second-order valence-electron chi connectivity index (χ2n) is 16.3. The van der Waals surface area contributed by atoms with Gasteiger partial charge in [0.1, 0.15) is 24.4 Å². The van der Waals surface area contributed by atoms with Crippen molar-refractivity contribution >= 4 is 0 Å². The smallest absolute Gasteiger partial charge is 0.186 e. The van der Waals surface area contributed by atoms with Crippen molar-refractivity contribution in [2.75, 3.05) is 39.6 Å². The maximum absolute atomic E-state index is 9.91. The summed E-state index contributed by atoms with van der Waals surface area (Å²) in [5, 5.41) is 4.33. The second kappa shape index (κ2) is 32.9. The molecule has 3 unspecified atom stereocenters. The minimum Gasteiger partial charge on any atom is -0.376 e. The molecular formula is C47H83N3O8. The first-order valence-electron chi connectivity index (χ1n) is 23.7. The van der Waals surface area contributed by atoms with E-state index in [9.17, 15) is 5.53 Å². The molecule has 0 aliphatic carbocycles. The summed E-state index contributed by atoms with van der Waals surface area (Å²) in [7, 11) is 0. The predicted octanol–water partition coefficient (Wildman–Crippen LogP) is 12.4. The Hall–Kier alpha value is -1.79. The third-order valence-electron chi connectivity index (χ3n) is 11.3. The van der Waals surface area contributed by atoms with E-state index in [-0.39, 0.29) is 12.7 Å². The van der Waals surface area contributed by atoms with Crippen LogP contribution in [0.15, 0.2) is 35.4 Å². The van der Waals surface area contributed by atoms with Crippen molar-refractivity contribution < 1.29 is 37.9 Å². The summed E-state index contributed by atoms with van der Waals surface area (Å²) in [5.74, 6) is 0. The van der Waals surface area contributed by atoms with Gasteiger partial charge in [-0.25, -0.2) is 0 Å². The number of hydrogen-bond donors (Lipinski definition) is 0. The number of benzene rings is 1. The van der Waals surface area contributed by atoms with E-state index in [1.165, 1.54) is 64.2 Å². The van der Waals surface area contributed by atoms with Gasteiger partial charge in [0.2, 0.25) is 0 Å². The molecule has 11 nitrogen and oxygen atoms in total. The topological polar surface area (TPSA) is 123 Å². The van der Waals surface area contributed by atoms with Crippen LogP contribution in [-0.2, 0) is 37.9 Å². The van der Waals surface area contributed by atoms with Gasteiger partial charge in [0.15, 0.2) is 12.6 Å². The number of azide groups is 1. The quantitative estimate of drug-likeness (QED) is 0.0284. The Morgan fingerprint density at radius 2 is 1.19 bits per heavy atom. The Labute approximate surface area is 352 Å². The van der Waals surface area contributed by atoms with Crippen LogP contribution < -0.4 is 0 Å². The standard InChI is InChI=1S/C47H83N3O8/c1-6-11-16-17-18-19-20-21-22-23-24-28-31-40(51-32-12-7-2)42(52-33-13-8-3)39(49-50-48)36-55-47-45(54-35-15-10-5)44(53-34-14-9-4)43-41(57-47)37-56-46(58-43)38-29-26-25-27-30-38/h25-27,29-30,39-47H,6-24,28,31-37H2,1-5H3/t39-,40+,41?,42-,43-,44-,45?,46?,47-/m0/s1. The first-order chi connectivity index (χ1) is 28.6. The second-order valence-corrected chi connectivity index (χ2v) is 16.3. The van der Waals surface area contributed by atoms with Gasteiger partial charge in [-0.3, -0.25) is 0 Å². The molecule has 0 spiro atoms. The molecule has 2 heterocycles. The fraction of sp³-hybridized carbons (Fsp3) is 0.872. The summed E-state index contributed by atoms with van der Waals surface area (Å²) in [6.07, 6.45) is 20.1. The summed E-state index contributed by atoms with van der Waals surface area (Å²) in [6.45, 7) is 13.6. The first-order valence-corrected chi connectivity index (χ1v) is 23.7. The fourth-order valence-corrected chi connectivity index (χ4v) is 7.75. The Morgan fingerprint density at radius 3 is 1.79 bits per heavy atom. The van der Waals surface area contributed by atoms with Gasteiger partial charge in [-0.05, 0) is 37.6 Å². The number of fused-ring (bicyclic) bond motifs is 1. The molecule has 0 saturated carbocycles. The van der Waals surface area contributed by atoms with E-state index in [4.69, 9.17) is 37.9 Å². The van der Waals surface area contributed by atoms with Crippen LogP contribution in [-0.4, -0.2) is 88.6 Å². The van der Waals surface area contributed by atoms with Crippen LogP contribution >= 0.6 is 0 Å². The summed E-state index contributed by atoms with van der Waals surface area (Å²) in [6, 6.07) is 9.34. The van der Waals surface area contributed by atoms with Gasteiger partial charge >= 0.3 is 0 Å². The van der Waals surface area contributed by atoms with Crippen molar-refractivity contribution in [3.05, 3.63) is 46.3 Å². The zero-order valence-electron chi connectivity index (χ0n) is 37.3. The van der Waals surface area contributed by atoms with E-state index in [1.54, 1.807) is 0 Å². The summed E-state index contributed by atoms with van der Waals surface area (Å²) in [4.78, 5) is 3.31. The lowest BCUT2D eigenvalue weighted by Gasteiger charge is -2.49. The Morgan fingerprint density at radius 1 is 0.638 bits per heavy atom. The van der Waals surface area contributed by atoms with Gasteiger partial charge in [-0.1, -0.05) is 173 Å². The van der Waals surface area contributed by atoms with E-state index in [2.05, 4.69) is 44.6 Å². The highest BCUT2D eigenvalue weighted by atomic mass is 16.8. The summed E-state index contributed by atoms with van der Waals surface area (Å²) in [5.41, 5.74) is 10.9. The van der Waals surface area contributed by atoms with Gasteiger partial charge < -0.3 is 37.9 Å². The zero-order valence-corrected chi connectivity index (χ0v) is 37.3. The number of ether oxygens (including phenoxy) is 8. The minimum absolute atomic E-state index is 0.0820. The minimum atomic E-state index is -0.798. The monoisotopic (exact) mass is 818 g/mol. The zero-order chi connectivity index (χ0) is 41.5. The molecule has 1 aromatic carbocycles. The average Bonchev–Trinajstić information content (AvgIpc) is 3.24. The molecule has 0 N–H and O–H groups in total. The van der Waals surface area contributed by atoms with Gasteiger partial charge in [0.05, 0.1) is 31.5 Å². The highest BCUT2D eigenvalue weighted by Crippen LogP contribution is 2.37. The number of nitrogens with zero attached hydrogens (tertiary/aromatic N) is 3. The van der Waals surface area contributed by atoms with E-state index in [0.717, 1.165) is 76.2 Å². The third-order valence-corrected chi connectivity index (χ3v) is 11.3. The lowest BCUT2D eigenvalue weighted by molar-refractivity contribution is -0.371. The van der Waals surface area contributed by atoms with Crippen molar-refractivity contribution in [3.63, 3.8) is 0 Å². The molecule has 11 heteroatoms. The molecule has 334 valence electrons. The SMILES string of the molecule is CCCCCCCCCCCCCC[C@@H](OCCCC)[C@@H](OCCCC)[C@H](CO[C@H]1OC2COC(c3ccccc3)O[C@@H]2[C@H](OCCCC)C1OCCCC)N=[N+]=[N-]. The highest BCUT2D eigenvalue weighted by molar-refractivity contribution is 5.16. The first kappa shape index (κ1) is 50.6. The molecule has 2 fully saturated rings. The fourth-order valence-electron chi connectivity index (χ4n) is 7.75. The molecule has 1 aromatic rings. The van der Waals surface area contributed by atoms with Crippen LogP contribution in [0.5, 0.6) is 0 Å². The number of unbranched alkanes of at least 4 members (excludes halogenated alkanes) is 15. The summed E-state index contributed by atoms with van der Waals surface area (Å²) >= 11 is 0. The van der Waals surface area contributed by atoms with Crippen molar-refractivity contribution in [1.29, 1.82) is 0 Å². The van der Waals surface area contributed by atoms with Crippen molar-refractivity contribution in [2.24, 2.45) is 5.11 Å². The van der Waals surface area contributed by atoms with Crippen LogP contribution in [0.4, 0.5) is 0 Å². The molecule has 0 bridgehead atoms. The Bertz CT molecular complexity index is 1160. The van der Waals surface area contributed by atoms with E-state index in [1.807, 2.05) is 30.3 Å².